The van der Waals surface area contributed by atoms with E-state index >= 15 is 0 Å². The second-order valence-corrected chi connectivity index (χ2v) is 6.02. The third kappa shape index (κ3) is 2.30. The molecule has 0 radical (unpaired) electrons. The number of hydrogen-bond donors (Lipinski definition) is 1. The lowest BCUT2D eigenvalue weighted by atomic mass is 9.62. The van der Waals surface area contributed by atoms with E-state index in [9.17, 15) is 9.59 Å². The molecular formula is C14H23NO3. The van der Waals surface area contributed by atoms with Crippen LogP contribution >= 0.6 is 0 Å². The molecule has 3 atom stereocenters. The lowest BCUT2D eigenvalue weighted by molar-refractivity contribution is -0.154. The van der Waals surface area contributed by atoms with Gasteiger partial charge in [0.2, 0.25) is 11.8 Å². The van der Waals surface area contributed by atoms with E-state index in [0.717, 1.165) is 19.3 Å². The molecule has 1 spiro atoms. The van der Waals surface area contributed by atoms with Crippen molar-refractivity contribution in [2.24, 2.45) is 17.3 Å². The van der Waals surface area contributed by atoms with E-state index < -0.39 is 0 Å². The van der Waals surface area contributed by atoms with E-state index in [-0.39, 0.29) is 29.3 Å². The minimum atomic E-state index is -0.165. The first-order valence-electron chi connectivity index (χ1n) is 6.94. The number of piperidine rings is 1. The third-order valence-corrected chi connectivity index (χ3v) is 4.52. The summed E-state index contributed by atoms with van der Waals surface area (Å²) >= 11 is 0. The fourth-order valence-corrected chi connectivity index (χ4v) is 3.49. The van der Waals surface area contributed by atoms with Gasteiger partial charge in [-0.3, -0.25) is 14.9 Å². The summed E-state index contributed by atoms with van der Waals surface area (Å²) in [5.74, 6) is 0.187. The Balaban J connectivity index is 2.25. The molecule has 1 N–H and O–H groups in total. The number of nitrogens with one attached hydrogen (secondary N) is 1. The molecule has 2 aliphatic heterocycles. The van der Waals surface area contributed by atoms with Crippen molar-refractivity contribution in [3.63, 3.8) is 0 Å². The van der Waals surface area contributed by atoms with Gasteiger partial charge in [0.25, 0.3) is 0 Å². The van der Waals surface area contributed by atoms with E-state index in [1.54, 1.807) is 0 Å². The minimum Gasteiger partial charge on any atom is -0.378 e. The van der Waals surface area contributed by atoms with Crippen LogP contribution in [0.25, 0.3) is 0 Å². The normalized spacial score (nSPS) is 37.1. The van der Waals surface area contributed by atoms with Gasteiger partial charge in [-0.05, 0) is 30.6 Å². The fraction of sp³-hybridized carbons (Fsp3) is 0.857. The lowest BCUT2D eigenvalue weighted by Gasteiger charge is -2.48. The monoisotopic (exact) mass is 253 g/mol. The Morgan fingerprint density at radius 1 is 1.44 bits per heavy atom. The summed E-state index contributed by atoms with van der Waals surface area (Å²) in [7, 11) is 0. The molecule has 0 aromatic heterocycles. The summed E-state index contributed by atoms with van der Waals surface area (Å²) in [6.45, 7) is 6.96. The molecule has 0 aliphatic carbocycles. The number of amides is 2. The maximum atomic E-state index is 12.0. The van der Waals surface area contributed by atoms with Crippen LogP contribution in [0.3, 0.4) is 0 Å². The van der Waals surface area contributed by atoms with Gasteiger partial charge in [0.15, 0.2) is 0 Å². The second-order valence-electron chi connectivity index (χ2n) is 6.02. The van der Waals surface area contributed by atoms with Gasteiger partial charge in [0, 0.05) is 18.9 Å². The molecule has 2 rings (SSSR count). The molecule has 0 aromatic carbocycles. The average molecular weight is 253 g/mol. The lowest BCUT2D eigenvalue weighted by Crippen LogP contribution is -2.55. The Morgan fingerprint density at radius 2 is 2.17 bits per heavy atom. The van der Waals surface area contributed by atoms with Crippen molar-refractivity contribution < 1.29 is 14.3 Å². The standard InChI is InChI=1S/C14H23NO3/c1-4-10-13(17)15-12(16)8-14(10)5-6-18-11(7-14)9(2)3/h9-11H,4-8H2,1-3H3,(H,15,16,17). The summed E-state index contributed by atoms with van der Waals surface area (Å²) < 4.78 is 5.79. The van der Waals surface area contributed by atoms with Gasteiger partial charge < -0.3 is 4.74 Å². The molecule has 0 bridgehead atoms. The molecule has 3 unspecified atom stereocenters. The summed E-state index contributed by atoms with van der Waals surface area (Å²) in [6.07, 6.45) is 3.11. The maximum absolute atomic E-state index is 12.0. The minimum absolute atomic E-state index is 0.0413. The highest BCUT2D eigenvalue weighted by atomic mass is 16.5. The Bertz CT molecular complexity index is 353. The zero-order chi connectivity index (χ0) is 13.3. The van der Waals surface area contributed by atoms with Crippen molar-refractivity contribution in [3.8, 4) is 0 Å². The van der Waals surface area contributed by atoms with Gasteiger partial charge >= 0.3 is 0 Å². The first-order valence-corrected chi connectivity index (χ1v) is 6.94. The molecule has 2 aliphatic rings. The summed E-state index contributed by atoms with van der Waals surface area (Å²) in [5, 5.41) is 2.48. The van der Waals surface area contributed by atoms with Crippen molar-refractivity contribution in [2.45, 2.75) is 52.6 Å². The summed E-state index contributed by atoms with van der Waals surface area (Å²) in [6, 6.07) is 0. The van der Waals surface area contributed by atoms with Crippen LogP contribution in [0.4, 0.5) is 0 Å². The molecule has 18 heavy (non-hydrogen) atoms. The summed E-state index contributed by atoms with van der Waals surface area (Å²) in [4.78, 5) is 23.7. The van der Waals surface area contributed by atoms with E-state index in [2.05, 4.69) is 19.2 Å². The number of ether oxygens (including phenoxy) is 1. The smallest absolute Gasteiger partial charge is 0.230 e. The number of rotatable bonds is 2. The average Bonchev–Trinajstić information content (AvgIpc) is 2.28. The van der Waals surface area contributed by atoms with Crippen LogP contribution in [0.2, 0.25) is 0 Å². The number of carbonyl (C=O) groups excluding carboxylic acids is 2. The highest BCUT2D eigenvalue weighted by Gasteiger charge is 2.50. The quantitative estimate of drug-likeness (QED) is 0.764. The fourth-order valence-electron chi connectivity index (χ4n) is 3.49. The van der Waals surface area contributed by atoms with Crippen molar-refractivity contribution in [3.05, 3.63) is 0 Å². The highest BCUT2D eigenvalue weighted by Crippen LogP contribution is 2.47. The number of hydrogen-bond acceptors (Lipinski definition) is 3. The molecule has 2 fully saturated rings. The van der Waals surface area contributed by atoms with Gasteiger partial charge in [0.1, 0.15) is 0 Å². The van der Waals surface area contributed by atoms with Gasteiger partial charge in [-0.15, -0.1) is 0 Å². The number of carbonyl (C=O) groups is 2. The Labute approximate surface area is 108 Å². The van der Waals surface area contributed by atoms with Crippen molar-refractivity contribution in [1.29, 1.82) is 0 Å². The molecule has 4 nitrogen and oxygen atoms in total. The molecule has 0 saturated carbocycles. The van der Waals surface area contributed by atoms with E-state index in [1.807, 2.05) is 6.92 Å². The molecule has 0 aromatic rings. The Hall–Kier alpha value is -0.900. The largest absolute Gasteiger partial charge is 0.378 e. The van der Waals surface area contributed by atoms with Gasteiger partial charge in [-0.25, -0.2) is 0 Å². The van der Waals surface area contributed by atoms with Crippen LogP contribution in [-0.2, 0) is 14.3 Å². The van der Waals surface area contributed by atoms with Crippen LogP contribution < -0.4 is 5.32 Å². The highest BCUT2D eigenvalue weighted by molar-refractivity contribution is 5.99. The SMILES string of the molecule is CCC1C(=O)NC(=O)CC12CCOC(C(C)C)C2. The third-order valence-electron chi connectivity index (χ3n) is 4.52. The second kappa shape index (κ2) is 5.00. The van der Waals surface area contributed by atoms with Crippen LogP contribution in [-0.4, -0.2) is 24.5 Å². The zero-order valence-electron chi connectivity index (χ0n) is 11.5. The molecular weight excluding hydrogens is 230 g/mol. The van der Waals surface area contributed by atoms with Gasteiger partial charge in [-0.2, -0.15) is 0 Å². The van der Waals surface area contributed by atoms with Crippen LogP contribution in [0, 0.1) is 17.3 Å². The first-order chi connectivity index (χ1) is 8.48. The topological polar surface area (TPSA) is 55.4 Å². The molecule has 2 heterocycles. The van der Waals surface area contributed by atoms with Crippen LogP contribution in [0.5, 0.6) is 0 Å². The maximum Gasteiger partial charge on any atom is 0.230 e. The first kappa shape index (κ1) is 13.5. The predicted octanol–water partition coefficient (Wildman–Crippen LogP) is 1.88. The predicted molar refractivity (Wildman–Crippen MR) is 67.8 cm³/mol. The van der Waals surface area contributed by atoms with Crippen molar-refractivity contribution in [2.75, 3.05) is 6.61 Å². The van der Waals surface area contributed by atoms with E-state index in [4.69, 9.17) is 4.74 Å². The Kier molecular flexibility index (Phi) is 3.76. The molecule has 4 heteroatoms. The van der Waals surface area contributed by atoms with E-state index in [0.29, 0.717) is 18.9 Å². The van der Waals surface area contributed by atoms with Crippen LogP contribution in [0.1, 0.15) is 46.5 Å². The van der Waals surface area contributed by atoms with Gasteiger partial charge in [0.05, 0.1) is 6.10 Å². The van der Waals surface area contributed by atoms with Crippen LogP contribution in [0.15, 0.2) is 0 Å². The summed E-state index contributed by atoms with van der Waals surface area (Å²) in [5.41, 5.74) is -0.165. The molecule has 2 amide bonds. The number of imide groups is 1. The molecule has 102 valence electrons. The van der Waals surface area contributed by atoms with Gasteiger partial charge in [-0.1, -0.05) is 20.8 Å². The van der Waals surface area contributed by atoms with Crippen molar-refractivity contribution >= 4 is 11.8 Å². The molecule has 2 saturated heterocycles. The zero-order valence-corrected chi connectivity index (χ0v) is 11.5. The van der Waals surface area contributed by atoms with Crippen molar-refractivity contribution in [1.82, 2.24) is 5.32 Å². The van der Waals surface area contributed by atoms with E-state index in [1.165, 1.54) is 0 Å². The Morgan fingerprint density at radius 3 is 2.78 bits per heavy atom.